The van der Waals surface area contributed by atoms with Crippen molar-refractivity contribution in [3.05, 3.63) is 46.0 Å². The van der Waals surface area contributed by atoms with Crippen molar-refractivity contribution >= 4 is 15.9 Å². The molecule has 1 unspecified atom stereocenters. The van der Waals surface area contributed by atoms with E-state index in [1.807, 2.05) is 37.1 Å². The smallest absolute Gasteiger partial charge is 0.0758 e. The monoisotopic (exact) mass is 322 g/mol. The number of nitrogens with one attached hydrogen (secondary N) is 1. The Morgan fingerprint density at radius 1 is 1.37 bits per heavy atom. The fraction of sp³-hybridized carbons (Fsp3) is 0.429. The van der Waals surface area contributed by atoms with Gasteiger partial charge in [0.25, 0.3) is 0 Å². The highest BCUT2D eigenvalue weighted by molar-refractivity contribution is 9.10. The molecule has 102 valence electrons. The molecule has 2 rings (SSSR count). The number of aromatic nitrogens is 3. The average molecular weight is 323 g/mol. The number of hydrogen-bond acceptors (Lipinski definition) is 3. The molecule has 0 saturated carbocycles. The van der Waals surface area contributed by atoms with Gasteiger partial charge >= 0.3 is 0 Å². The molecule has 0 saturated heterocycles. The Morgan fingerprint density at radius 2 is 2.11 bits per heavy atom. The second kappa shape index (κ2) is 5.84. The van der Waals surface area contributed by atoms with Gasteiger partial charge in [0.05, 0.1) is 22.4 Å². The van der Waals surface area contributed by atoms with Gasteiger partial charge in [0.2, 0.25) is 0 Å². The first-order chi connectivity index (χ1) is 9.04. The minimum atomic E-state index is 0.0981. The molecule has 19 heavy (non-hydrogen) atoms. The van der Waals surface area contributed by atoms with Gasteiger partial charge in [-0.25, -0.2) is 0 Å². The van der Waals surface area contributed by atoms with E-state index < -0.39 is 0 Å². The third kappa shape index (κ3) is 2.87. The predicted molar refractivity (Wildman–Crippen MR) is 80.2 cm³/mol. The summed E-state index contributed by atoms with van der Waals surface area (Å²) in [5.74, 6) is 0. The Labute approximate surface area is 122 Å². The van der Waals surface area contributed by atoms with E-state index in [1.165, 1.54) is 5.56 Å². The molecule has 5 heteroatoms. The van der Waals surface area contributed by atoms with Crippen molar-refractivity contribution in [2.75, 3.05) is 7.05 Å². The molecule has 0 amide bonds. The lowest BCUT2D eigenvalue weighted by Gasteiger charge is -2.21. The molecule has 0 bridgehead atoms. The van der Waals surface area contributed by atoms with Crippen molar-refractivity contribution in [3.8, 4) is 0 Å². The summed E-state index contributed by atoms with van der Waals surface area (Å²) >= 11 is 3.60. The van der Waals surface area contributed by atoms with E-state index in [0.717, 1.165) is 15.9 Å². The molecule has 2 aromatic rings. The molecule has 0 aliphatic carbocycles. The number of pyridine rings is 1. The number of rotatable bonds is 4. The van der Waals surface area contributed by atoms with Crippen molar-refractivity contribution in [3.63, 3.8) is 0 Å². The summed E-state index contributed by atoms with van der Waals surface area (Å²) in [6.45, 7) is 6.27. The average Bonchev–Trinajstić information content (AvgIpc) is 2.73. The van der Waals surface area contributed by atoms with E-state index >= 15 is 0 Å². The zero-order chi connectivity index (χ0) is 14.0. The van der Waals surface area contributed by atoms with Crippen molar-refractivity contribution in [2.24, 2.45) is 0 Å². The second-order valence-electron chi connectivity index (χ2n) is 4.87. The van der Waals surface area contributed by atoms with E-state index in [-0.39, 0.29) is 6.04 Å². The Bertz CT molecular complexity index is 562. The first kappa shape index (κ1) is 14.2. The van der Waals surface area contributed by atoms with E-state index in [9.17, 15) is 0 Å². The van der Waals surface area contributed by atoms with Gasteiger partial charge in [-0.05, 0) is 61.4 Å². The molecule has 2 aromatic heterocycles. The van der Waals surface area contributed by atoms with E-state index in [0.29, 0.717) is 6.04 Å². The quantitative estimate of drug-likeness (QED) is 0.939. The topological polar surface area (TPSA) is 42.7 Å². The Morgan fingerprint density at radius 3 is 2.68 bits per heavy atom. The summed E-state index contributed by atoms with van der Waals surface area (Å²) in [5, 5.41) is 7.81. The van der Waals surface area contributed by atoms with Crippen molar-refractivity contribution in [1.29, 1.82) is 0 Å². The van der Waals surface area contributed by atoms with Crippen LogP contribution in [0.4, 0.5) is 0 Å². The largest absolute Gasteiger partial charge is 0.308 e. The summed E-state index contributed by atoms with van der Waals surface area (Å²) < 4.78 is 3.07. The second-order valence-corrected chi connectivity index (χ2v) is 5.72. The van der Waals surface area contributed by atoms with Crippen LogP contribution in [0.3, 0.4) is 0 Å². The first-order valence-corrected chi connectivity index (χ1v) is 7.16. The molecule has 1 atom stereocenters. The molecule has 2 heterocycles. The molecule has 0 aromatic carbocycles. The van der Waals surface area contributed by atoms with Crippen LogP contribution in [0.5, 0.6) is 0 Å². The molecular weight excluding hydrogens is 304 g/mol. The lowest BCUT2D eigenvalue weighted by Crippen LogP contribution is -2.23. The van der Waals surface area contributed by atoms with Crippen molar-refractivity contribution < 1.29 is 0 Å². The SMILES string of the molecule is CNC(c1ccnc(C)c1)c1c(Br)cnn1C(C)C. The van der Waals surface area contributed by atoms with Gasteiger partial charge < -0.3 is 5.32 Å². The van der Waals surface area contributed by atoms with Crippen LogP contribution in [0.25, 0.3) is 0 Å². The number of halogens is 1. The van der Waals surface area contributed by atoms with Crippen LogP contribution in [-0.4, -0.2) is 21.8 Å². The van der Waals surface area contributed by atoms with E-state index in [4.69, 9.17) is 0 Å². The molecule has 1 N–H and O–H groups in total. The van der Waals surface area contributed by atoms with Crippen molar-refractivity contribution in [2.45, 2.75) is 32.9 Å². The number of aryl methyl sites for hydroxylation is 1. The van der Waals surface area contributed by atoms with Gasteiger partial charge in [0.1, 0.15) is 0 Å². The zero-order valence-corrected chi connectivity index (χ0v) is 13.3. The van der Waals surface area contributed by atoms with Crippen LogP contribution in [-0.2, 0) is 0 Å². The number of nitrogens with zero attached hydrogens (tertiary/aromatic N) is 3. The Balaban J connectivity index is 2.51. The fourth-order valence-electron chi connectivity index (χ4n) is 2.24. The minimum Gasteiger partial charge on any atom is -0.308 e. The summed E-state index contributed by atoms with van der Waals surface area (Å²) in [5.41, 5.74) is 3.35. The van der Waals surface area contributed by atoms with Gasteiger partial charge in [0.15, 0.2) is 0 Å². The molecule has 0 aliphatic rings. The molecule has 0 spiro atoms. The third-order valence-electron chi connectivity index (χ3n) is 3.09. The van der Waals surface area contributed by atoms with E-state index in [2.05, 4.69) is 51.2 Å². The van der Waals surface area contributed by atoms with E-state index in [1.54, 1.807) is 0 Å². The maximum atomic E-state index is 4.45. The van der Waals surface area contributed by atoms with Gasteiger partial charge in [-0.3, -0.25) is 9.67 Å². The molecule has 4 nitrogen and oxygen atoms in total. The van der Waals surface area contributed by atoms with Gasteiger partial charge in [-0.2, -0.15) is 5.10 Å². The highest BCUT2D eigenvalue weighted by atomic mass is 79.9. The van der Waals surface area contributed by atoms with Crippen LogP contribution in [0, 0.1) is 6.92 Å². The van der Waals surface area contributed by atoms with Crippen LogP contribution >= 0.6 is 15.9 Å². The summed E-state index contributed by atoms with van der Waals surface area (Å²) in [4.78, 5) is 4.26. The Hall–Kier alpha value is -1.20. The summed E-state index contributed by atoms with van der Waals surface area (Å²) in [7, 11) is 1.96. The van der Waals surface area contributed by atoms with Crippen LogP contribution in [0.15, 0.2) is 29.0 Å². The van der Waals surface area contributed by atoms with Crippen molar-refractivity contribution in [1.82, 2.24) is 20.1 Å². The van der Waals surface area contributed by atoms with Gasteiger partial charge in [-0.1, -0.05) is 0 Å². The predicted octanol–water partition coefficient (Wildman–Crippen LogP) is 3.24. The molecule has 0 radical (unpaired) electrons. The Kier molecular flexibility index (Phi) is 4.37. The third-order valence-corrected chi connectivity index (χ3v) is 3.70. The summed E-state index contributed by atoms with van der Waals surface area (Å²) in [6, 6.07) is 4.56. The van der Waals surface area contributed by atoms with Gasteiger partial charge in [0, 0.05) is 17.9 Å². The molecule has 0 aliphatic heterocycles. The highest BCUT2D eigenvalue weighted by Gasteiger charge is 2.21. The molecular formula is C14H19BrN4. The maximum absolute atomic E-state index is 4.45. The van der Waals surface area contributed by atoms with Gasteiger partial charge in [-0.15, -0.1) is 0 Å². The van der Waals surface area contributed by atoms with Crippen LogP contribution in [0.2, 0.25) is 0 Å². The fourth-order valence-corrected chi connectivity index (χ4v) is 2.74. The highest BCUT2D eigenvalue weighted by Crippen LogP contribution is 2.30. The first-order valence-electron chi connectivity index (χ1n) is 6.37. The van der Waals surface area contributed by atoms with Crippen LogP contribution in [0.1, 0.15) is 42.9 Å². The standard InChI is InChI=1S/C14H19BrN4/c1-9(2)19-14(12(15)8-18-19)13(16-4)11-5-6-17-10(3)7-11/h5-9,13,16H,1-4H3. The molecule has 0 fully saturated rings. The summed E-state index contributed by atoms with van der Waals surface area (Å²) in [6.07, 6.45) is 3.70. The number of hydrogen-bond donors (Lipinski definition) is 1. The van der Waals surface area contributed by atoms with Crippen LogP contribution < -0.4 is 5.32 Å². The zero-order valence-electron chi connectivity index (χ0n) is 11.7. The lowest BCUT2D eigenvalue weighted by atomic mass is 10.0. The minimum absolute atomic E-state index is 0.0981. The normalized spacial score (nSPS) is 12.9. The maximum Gasteiger partial charge on any atom is 0.0758 e. The lowest BCUT2D eigenvalue weighted by molar-refractivity contribution is 0.483.